The Balaban J connectivity index is 2.14. The Kier molecular flexibility index (Phi) is 4.17. The summed E-state index contributed by atoms with van der Waals surface area (Å²) in [5.74, 6) is 0.842. The monoisotopic (exact) mass is 273 g/mol. The third-order valence-corrected chi connectivity index (χ3v) is 2.97. The minimum absolute atomic E-state index is 0.0344. The highest BCUT2D eigenvalue weighted by molar-refractivity contribution is 5.78. The molecule has 0 fully saturated rings. The topological polar surface area (TPSA) is 68.0 Å². The average Bonchev–Trinajstić information content (AvgIpc) is 2.88. The van der Waals surface area contributed by atoms with Crippen LogP contribution >= 0.6 is 0 Å². The van der Waals surface area contributed by atoms with Gasteiger partial charge in [-0.3, -0.25) is 4.79 Å². The lowest BCUT2D eigenvalue weighted by Gasteiger charge is -2.11. The number of nitrogens with zero attached hydrogens (tertiary/aromatic N) is 2. The largest absolute Gasteiger partial charge is 0.344 e. The molecule has 0 spiro atoms. The third-order valence-electron chi connectivity index (χ3n) is 2.97. The number of amides is 1. The predicted molar refractivity (Wildman–Crippen MR) is 75.9 cm³/mol. The molecular weight excluding hydrogens is 254 g/mol. The van der Waals surface area contributed by atoms with Gasteiger partial charge in [-0.05, 0) is 19.9 Å². The number of rotatable bonds is 4. The van der Waals surface area contributed by atoms with E-state index in [1.165, 1.54) is 0 Å². The molecule has 1 heterocycles. The maximum Gasteiger partial charge on any atom is 0.249 e. The van der Waals surface area contributed by atoms with Crippen molar-refractivity contribution in [3.63, 3.8) is 0 Å². The van der Waals surface area contributed by atoms with E-state index < -0.39 is 0 Å². The SMILES string of the molecule is Cc1cccc(-c2noc([C@H](C)NC(=O)C(C)C)n2)c1. The van der Waals surface area contributed by atoms with Gasteiger partial charge in [-0.1, -0.05) is 42.8 Å². The van der Waals surface area contributed by atoms with Gasteiger partial charge in [0.05, 0.1) is 0 Å². The zero-order chi connectivity index (χ0) is 14.7. The van der Waals surface area contributed by atoms with Crippen LogP contribution in [0.15, 0.2) is 28.8 Å². The Bertz CT molecular complexity index is 605. The van der Waals surface area contributed by atoms with Gasteiger partial charge in [-0.2, -0.15) is 4.98 Å². The predicted octanol–water partition coefficient (Wildman–Crippen LogP) is 2.88. The second-order valence-electron chi connectivity index (χ2n) is 5.21. The van der Waals surface area contributed by atoms with E-state index in [1.54, 1.807) is 0 Å². The number of carbonyl (C=O) groups excluding carboxylic acids is 1. The van der Waals surface area contributed by atoms with Crippen molar-refractivity contribution in [2.24, 2.45) is 5.92 Å². The zero-order valence-electron chi connectivity index (χ0n) is 12.2. The van der Waals surface area contributed by atoms with E-state index in [4.69, 9.17) is 4.52 Å². The number of hydrogen-bond donors (Lipinski definition) is 1. The maximum atomic E-state index is 11.6. The molecule has 20 heavy (non-hydrogen) atoms. The number of nitrogens with one attached hydrogen (secondary N) is 1. The molecule has 1 aromatic carbocycles. The van der Waals surface area contributed by atoms with E-state index in [-0.39, 0.29) is 17.9 Å². The first-order valence-electron chi connectivity index (χ1n) is 6.68. The molecule has 0 aliphatic heterocycles. The summed E-state index contributed by atoms with van der Waals surface area (Å²) in [5.41, 5.74) is 2.04. The molecule has 0 aliphatic rings. The summed E-state index contributed by atoms with van der Waals surface area (Å²) in [6.07, 6.45) is 0. The summed E-state index contributed by atoms with van der Waals surface area (Å²) in [5, 5.41) is 6.80. The molecule has 2 rings (SSSR count). The Morgan fingerprint density at radius 2 is 2.05 bits per heavy atom. The zero-order valence-corrected chi connectivity index (χ0v) is 12.2. The van der Waals surface area contributed by atoms with Crippen LogP contribution in [0.4, 0.5) is 0 Å². The lowest BCUT2D eigenvalue weighted by molar-refractivity contribution is -0.124. The molecule has 0 radical (unpaired) electrons. The van der Waals surface area contributed by atoms with Gasteiger partial charge in [0.25, 0.3) is 0 Å². The summed E-state index contributed by atoms with van der Waals surface area (Å²) in [6, 6.07) is 7.59. The fraction of sp³-hybridized carbons (Fsp3) is 0.400. The van der Waals surface area contributed by atoms with Crippen LogP contribution in [-0.4, -0.2) is 16.0 Å². The first kappa shape index (κ1) is 14.2. The van der Waals surface area contributed by atoms with E-state index in [2.05, 4.69) is 15.5 Å². The van der Waals surface area contributed by atoms with Crippen LogP contribution in [0.1, 0.15) is 38.3 Å². The highest BCUT2D eigenvalue weighted by Gasteiger charge is 2.18. The third kappa shape index (κ3) is 3.23. The molecule has 1 N–H and O–H groups in total. The molecule has 5 nitrogen and oxygen atoms in total. The summed E-state index contributed by atoms with van der Waals surface area (Å²) >= 11 is 0. The van der Waals surface area contributed by atoms with Crippen LogP contribution in [0.5, 0.6) is 0 Å². The molecule has 1 amide bonds. The van der Waals surface area contributed by atoms with Gasteiger partial charge in [0, 0.05) is 11.5 Å². The Labute approximate surface area is 118 Å². The number of benzene rings is 1. The summed E-state index contributed by atoms with van der Waals surface area (Å²) in [6.45, 7) is 7.52. The molecule has 0 bridgehead atoms. The van der Waals surface area contributed by atoms with Crippen LogP contribution in [0, 0.1) is 12.8 Å². The highest BCUT2D eigenvalue weighted by atomic mass is 16.5. The lowest BCUT2D eigenvalue weighted by Crippen LogP contribution is -2.30. The minimum atomic E-state index is -0.295. The van der Waals surface area contributed by atoms with Gasteiger partial charge < -0.3 is 9.84 Å². The minimum Gasteiger partial charge on any atom is -0.344 e. The van der Waals surface area contributed by atoms with Gasteiger partial charge in [0.2, 0.25) is 17.6 Å². The summed E-state index contributed by atoms with van der Waals surface area (Å²) in [4.78, 5) is 16.0. The van der Waals surface area contributed by atoms with Gasteiger partial charge in [-0.25, -0.2) is 0 Å². The average molecular weight is 273 g/mol. The van der Waals surface area contributed by atoms with Crippen LogP contribution in [0.2, 0.25) is 0 Å². The van der Waals surface area contributed by atoms with E-state index in [9.17, 15) is 4.79 Å². The number of aromatic nitrogens is 2. The van der Waals surface area contributed by atoms with Crippen molar-refractivity contribution in [1.82, 2.24) is 15.5 Å². The molecule has 0 saturated carbocycles. The van der Waals surface area contributed by atoms with Crippen molar-refractivity contribution in [3.05, 3.63) is 35.7 Å². The van der Waals surface area contributed by atoms with E-state index in [1.807, 2.05) is 52.0 Å². The number of carbonyl (C=O) groups is 1. The van der Waals surface area contributed by atoms with Crippen molar-refractivity contribution >= 4 is 5.91 Å². The smallest absolute Gasteiger partial charge is 0.249 e. The second-order valence-corrected chi connectivity index (χ2v) is 5.21. The first-order valence-corrected chi connectivity index (χ1v) is 6.68. The maximum absolute atomic E-state index is 11.6. The first-order chi connectivity index (χ1) is 9.47. The Morgan fingerprint density at radius 1 is 1.30 bits per heavy atom. The lowest BCUT2D eigenvalue weighted by atomic mass is 10.1. The number of hydrogen-bond acceptors (Lipinski definition) is 4. The van der Waals surface area contributed by atoms with Crippen LogP contribution in [0.3, 0.4) is 0 Å². The van der Waals surface area contributed by atoms with E-state index >= 15 is 0 Å². The van der Waals surface area contributed by atoms with Gasteiger partial charge >= 0.3 is 0 Å². The molecular formula is C15H19N3O2. The molecule has 1 atom stereocenters. The van der Waals surface area contributed by atoms with Crippen LogP contribution in [-0.2, 0) is 4.79 Å². The highest BCUT2D eigenvalue weighted by Crippen LogP contribution is 2.19. The van der Waals surface area contributed by atoms with Crippen LogP contribution in [0.25, 0.3) is 11.4 Å². The van der Waals surface area contributed by atoms with Gasteiger partial charge in [0.15, 0.2) is 0 Å². The summed E-state index contributed by atoms with van der Waals surface area (Å²) in [7, 11) is 0. The molecule has 5 heteroatoms. The van der Waals surface area contributed by atoms with Gasteiger partial charge in [0.1, 0.15) is 6.04 Å². The fourth-order valence-electron chi connectivity index (χ4n) is 1.75. The van der Waals surface area contributed by atoms with Crippen molar-refractivity contribution < 1.29 is 9.32 Å². The normalized spacial score (nSPS) is 12.4. The Hall–Kier alpha value is -2.17. The van der Waals surface area contributed by atoms with Crippen molar-refractivity contribution in [3.8, 4) is 11.4 Å². The van der Waals surface area contributed by atoms with Crippen molar-refractivity contribution in [2.45, 2.75) is 33.7 Å². The van der Waals surface area contributed by atoms with Crippen molar-refractivity contribution in [1.29, 1.82) is 0 Å². The Morgan fingerprint density at radius 3 is 2.70 bits per heavy atom. The van der Waals surface area contributed by atoms with Crippen LogP contribution < -0.4 is 5.32 Å². The standard InChI is InChI=1S/C15H19N3O2/c1-9(2)14(19)16-11(4)15-17-13(18-20-15)12-7-5-6-10(3)8-12/h5-9,11H,1-4H3,(H,16,19)/t11-/m0/s1. The number of aryl methyl sites for hydroxylation is 1. The molecule has 106 valence electrons. The molecule has 2 aromatic rings. The molecule has 0 unspecified atom stereocenters. The molecule has 0 saturated heterocycles. The van der Waals surface area contributed by atoms with Crippen molar-refractivity contribution in [2.75, 3.05) is 0 Å². The quantitative estimate of drug-likeness (QED) is 0.930. The van der Waals surface area contributed by atoms with E-state index in [0.717, 1.165) is 11.1 Å². The van der Waals surface area contributed by atoms with Gasteiger partial charge in [-0.15, -0.1) is 0 Å². The second kappa shape index (κ2) is 5.86. The molecule has 0 aliphatic carbocycles. The molecule has 1 aromatic heterocycles. The van der Waals surface area contributed by atoms with E-state index in [0.29, 0.717) is 11.7 Å². The fourth-order valence-corrected chi connectivity index (χ4v) is 1.75. The summed E-state index contributed by atoms with van der Waals surface area (Å²) < 4.78 is 5.23.